The summed E-state index contributed by atoms with van der Waals surface area (Å²) in [5.41, 5.74) is 0.931. The molecule has 2 rings (SSSR count). The zero-order valence-electron chi connectivity index (χ0n) is 16.7. The van der Waals surface area contributed by atoms with Gasteiger partial charge >= 0.3 is 11.9 Å². The fraction of sp³-hybridized carbons (Fsp3) is 0.417. The van der Waals surface area contributed by atoms with Crippen molar-refractivity contribution in [3.05, 3.63) is 60.2 Å². The molecule has 150 valence electrons. The van der Waals surface area contributed by atoms with Gasteiger partial charge in [0.2, 0.25) is 0 Å². The van der Waals surface area contributed by atoms with E-state index in [1.165, 1.54) is 19.3 Å². The number of rotatable bonds is 12. The van der Waals surface area contributed by atoms with E-state index in [1.54, 1.807) is 0 Å². The van der Waals surface area contributed by atoms with E-state index in [9.17, 15) is 9.59 Å². The van der Waals surface area contributed by atoms with Crippen LogP contribution in [-0.4, -0.2) is 18.5 Å². The molecule has 0 unspecified atom stereocenters. The molecule has 0 saturated carbocycles. The number of fused-ring (bicyclic) bond motifs is 1. The normalized spacial score (nSPS) is 11.0. The van der Waals surface area contributed by atoms with Crippen molar-refractivity contribution >= 4 is 22.7 Å². The van der Waals surface area contributed by atoms with E-state index in [2.05, 4.69) is 13.0 Å². The molecule has 0 aliphatic heterocycles. The number of benzene rings is 2. The van der Waals surface area contributed by atoms with E-state index < -0.39 is 0 Å². The van der Waals surface area contributed by atoms with Crippen LogP contribution < -0.4 is 0 Å². The molecule has 0 radical (unpaired) electrons. The van der Waals surface area contributed by atoms with E-state index in [4.69, 9.17) is 9.47 Å². The van der Waals surface area contributed by atoms with E-state index in [-0.39, 0.29) is 31.4 Å². The highest BCUT2D eigenvalue weighted by atomic mass is 16.5. The van der Waals surface area contributed by atoms with Crippen molar-refractivity contribution in [2.75, 3.05) is 6.61 Å². The van der Waals surface area contributed by atoms with Crippen LogP contribution in [0, 0.1) is 0 Å². The van der Waals surface area contributed by atoms with E-state index in [0.717, 1.165) is 22.8 Å². The molecule has 0 aliphatic rings. The molecule has 0 aromatic heterocycles. The summed E-state index contributed by atoms with van der Waals surface area (Å²) in [6.45, 7) is 2.75. The lowest BCUT2D eigenvalue weighted by atomic mass is 10.1. The lowest BCUT2D eigenvalue weighted by molar-refractivity contribution is -0.151. The minimum atomic E-state index is -0.388. The molecular weight excluding hydrogens is 352 g/mol. The smallest absolute Gasteiger partial charge is 0.306 e. The van der Waals surface area contributed by atoms with Crippen molar-refractivity contribution in [1.29, 1.82) is 0 Å². The minimum Gasteiger partial charge on any atom is -0.465 e. The van der Waals surface area contributed by atoms with Crippen LogP contribution in [0.3, 0.4) is 0 Å². The maximum atomic E-state index is 11.8. The molecular formula is C24H30O4. The number of unbranched alkanes of at least 4 members (excludes halogenated alkanes) is 3. The van der Waals surface area contributed by atoms with Crippen molar-refractivity contribution in [2.45, 2.75) is 58.5 Å². The maximum Gasteiger partial charge on any atom is 0.306 e. The van der Waals surface area contributed by atoms with Crippen molar-refractivity contribution < 1.29 is 19.1 Å². The van der Waals surface area contributed by atoms with Gasteiger partial charge in [0.1, 0.15) is 6.61 Å². The van der Waals surface area contributed by atoms with Gasteiger partial charge < -0.3 is 9.47 Å². The molecule has 4 heteroatoms. The predicted octanol–water partition coefficient (Wildman–Crippen LogP) is 5.73. The fourth-order valence-corrected chi connectivity index (χ4v) is 2.83. The third kappa shape index (κ3) is 8.38. The highest BCUT2D eigenvalue weighted by Gasteiger charge is 2.09. The highest BCUT2D eigenvalue weighted by molar-refractivity contribution is 5.83. The van der Waals surface area contributed by atoms with E-state index in [0.29, 0.717) is 13.0 Å². The third-order valence-electron chi connectivity index (χ3n) is 4.44. The summed E-state index contributed by atoms with van der Waals surface area (Å²) >= 11 is 0. The number of hydrogen-bond donors (Lipinski definition) is 0. The van der Waals surface area contributed by atoms with Crippen LogP contribution in [0.5, 0.6) is 0 Å². The summed E-state index contributed by atoms with van der Waals surface area (Å²) in [6.07, 6.45) is 9.72. The lowest BCUT2D eigenvalue weighted by Crippen LogP contribution is -2.10. The molecule has 0 fully saturated rings. The van der Waals surface area contributed by atoms with Crippen molar-refractivity contribution in [3.8, 4) is 0 Å². The Bertz CT molecular complexity index is 779. The van der Waals surface area contributed by atoms with Crippen molar-refractivity contribution in [3.63, 3.8) is 0 Å². The lowest BCUT2D eigenvalue weighted by Gasteiger charge is -2.06. The molecule has 0 saturated heterocycles. The first-order valence-electron chi connectivity index (χ1n) is 10.1. The molecule has 0 spiro atoms. The van der Waals surface area contributed by atoms with Gasteiger partial charge in [-0.2, -0.15) is 0 Å². The highest BCUT2D eigenvalue weighted by Crippen LogP contribution is 2.16. The molecule has 0 heterocycles. The van der Waals surface area contributed by atoms with Crippen LogP contribution >= 0.6 is 0 Å². The van der Waals surface area contributed by atoms with Gasteiger partial charge in [0.05, 0.1) is 19.4 Å². The number of ether oxygens (including phenoxy) is 2. The number of allylic oxidation sites excluding steroid dienone is 1. The van der Waals surface area contributed by atoms with Crippen LogP contribution in [0.2, 0.25) is 0 Å². The Balaban J connectivity index is 1.58. The van der Waals surface area contributed by atoms with Crippen LogP contribution in [0.15, 0.2) is 54.6 Å². The van der Waals surface area contributed by atoms with Crippen LogP contribution in [0.25, 0.3) is 10.8 Å². The Hall–Kier alpha value is -2.62. The average Bonchev–Trinajstić information content (AvgIpc) is 2.72. The summed E-state index contributed by atoms with van der Waals surface area (Å²) in [7, 11) is 0. The Morgan fingerprint density at radius 2 is 1.57 bits per heavy atom. The first-order chi connectivity index (χ1) is 13.7. The Morgan fingerprint density at radius 1 is 0.857 bits per heavy atom. The van der Waals surface area contributed by atoms with E-state index in [1.807, 2.05) is 48.5 Å². The molecule has 0 N–H and O–H groups in total. The summed E-state index contributed by atoms with van der Waals surface area (Å²) in [5, 5.41) is 2.26. The molecule has 0 atom stereocenters. The van der Waals surface area contributed by atoms with Gasteiger partial charge in [0.15, 0.2) is 0 Å². The molecule has 28 heavy (non-hydrogen) atoms. The quantitative estimate of drug-likeness (QED) is 0.267. The maximum absolute atomic E-state index is 11.8. The SMILES string of the molecule is CCCCC/C=C/CCOC(=O)CCC(=O)OCc1ccc2ccccc2c1. The Kier molecular flexibility index (Phi) is 9.84. The largest absolute Gasteiger partial charge is 0.465 e. The average molecular weight is 382 g/mol. The number of carbonyl (C=O) groups excluding carboxylic acids is 2. The van der Waals surface area contributed by atoms with Crippen LogP contribution in [0.4, 0.5) is 0 Å². The van der Waals surface area contributed by atoms with Gasteiger partial charge in [-0.15, -0.1) is 0 Å². The number of carbonyl (C=O) groups is 2. The van der Waals surface area contributed by atoms with E-state index >= 15 is 0 Å². The number of esters is 2. The summed E-state index contributed by atoms with van der Waals surface area (Å²) < 4.78 is 10.4. The number of hydrogen-bond acceptors (Lipinski definition) is 4. The van der Waals surface area contributed by atoms with Gasteiger partial charge in [0, 0.05) is 0 Å². The molecule has 0 aliphatic carbocycles. The molecule has 0 amide bonds. The van der Waals surface area contributed by atoms with Crippen molar-refractivity contribution in [1.82, 2.24) is 0 Å². The van der Waals surface area contributed by atoms with Crippen LogP contribution in [0.1, 0.15) is 57.4 Å². The fourth-order valence-electron chi connectivity index (χ4n) is 2.83. The summed E-state index contributed by atoms with van der Waals surface area (Å²) in [4.78, 5) is 23.5. The van der Waals surface area contributed by atoms with Gasteiger partial charge in [-0.3, -0.25) is 9.59 Å². The standard InChI is InChI=1S/C24H30O4/c1-2-3-4-5-6-7-10-17-27-23(25)15-16-24(26)28-19-20-13-14-21-11-8-9-12-22(21)18-20/h6-9,11-14,18H,2-5,10,15-17,19H2,1H3/b7-6+. The zero-order chi connectivity index (χ0) is 20.0. The second-order valence-corrected chi connectivity index (χ2v) is 6.82. The first-order valence-corrected chi connectivity index (χ1v) is 10.1. The molecule has 2 aromatic carbocycles. The second-order valence-electron chi connectivity index (χ2n) is 6.82. The minimum absolute atomic E-state index is 0.0409. The summed E-state index contributed by atoms with van der Waals surface area (Å²) in [6, 6.07) is 14.0. The Morgan fingerprint density at radius 3 is 2.36 bits per heavy atom. The molecule has 4 nitrogen and oxygen atoms in total. The van der Waals surface area contributed by atoms with Crippen LogP contribution in [-0.2, 0) is 25.7 Å². The summed E-state index contributed by atoms with van der Waals surface area (Å²) in [5.74, 6) is -0.747. The zero-order valence-corrected chi connectivity index (χ0v) is 16.7. The second kappa shape index (κ2) is 12.7. The van der Waals surface area contributed by atoms with Gasteiger partial charge in [-0.1, -0.05) is 68.3 Å². The van der Waals surface area contributed by atoms with Gasteiger partial charge in [-0.25, -0.2) is 0 Å². The third-order valence-corrected chi connectivity index (χ3v) is 4.44. The first kappa shape index (κ1) is 21.7. The van der Waals surface area contributed by atoms with Gasteiger partial charge in [-0.05, 0) is 41.7 Å². The molecule has 0 bridgehead atoms. The Labute approximate surface area is 167 Å². The topological polar surface area (TPSA) is 52.6 Å². The molecule has 2 aromatic rings. The predicted molar refractivity (Wildman–Crippen MR) is 112 cm³/mol. The van der Waals surface area contributed by atoms with Gasteiger partial charge in [0.25, 0.3) is 0 Å². The monoisotopic (exact) mass is 382 g/mol. The van der Waals surface area contributed by atoms with Crippen molar-refractivity contribution in [2.24, 2.45) is 0 Å².